The Bertz CT molecular complexity index is 746. The van der Waals surface area contributed by atoms with E-state index in [2.05, 4.69) is 5.32 Å². The van der Waals surface area contributed by atoms with E-state index in [0.29, 0.717) is 6.54 Å². The third kappa shape index (κ3) is 4.80. The molecule has 0 radical (unpaired) electrons. The molecule has 6 heteroatoms. The molecule has 2 aromatic rings. The minimum absolute atomic E-state index is 0.208. The molecule has 0 aliphatic carbocycles. The van der Waals surface area contributed by atoms with Crippen molar-refractivity contribution in [3.8, 4) is 0 Å². The van der Waals surface area contributed by atoms with Crippen molar-refractivity contribution in [3.05, 3.63) is 70.0 Å². The van der Waals surface area contributed by atoms with Crippen LogP contribution in [0, 0.1) is 12.7 Å². The molecule has 0 aliphatic heterocycles. The van der Waals surface area contributed by atoms with Gasteiger partial charge in [0.2, 0.25) is 0 Å². The molecule has 24 heavy (non-hydrogen) atoms. The van der Waals surface area contributed by atoms with Crippen LogP contribution in [0.1, 0.15) is 28.4 Å². The Morgan fingerprint density at radius 2 is 1.88 bits per heavy atom. The van der Waals surface area contributed by atoms with Crippen LogP contribution in [0.4, 0.5) is 4.39 Å². The molecule has 2 aromatic carbocycles. The minimum atomic E-state index is -1.05. The topological polar surface area (TPSA) is 55.4 Å². The molecular formula is C18H17ClFNO3. The van der Waals surface area contributed by atoms with E-state index in [4.69, 9.17) is 16.3 Å². The van der Waals surface area contributed by atoms with Crippen molar-refractivity contribution >= 4 is 23.5 Å². The number of ether oxygens (including phenoxy) is 1. The Labute approximate surface area is 144 Å². The standard InChI is InChI=1S/C18H17ClFNO3/c1-11-3-5-13(6-4-11)10-21-17(22)12(2)24-18(23)15-9-14(19)7-8-16(15)20/h3-9,12H,10H2,1-2H3,(H,21,22)/t12-/m0/s1. The zero-order valence-corrected chi connectivity index (χ0v) is 14.1. The van der Waals surface area contributed by atoms with Crippen molar-refractivity contribution in [2.75, 3.05) is 0 Å². The summed E-state index contributed by atoms with van der Waals surface area (Å²) in [5, 5.41) is 2.87. The van der Waals surface area contributed by atoms with Crippen molar-refractivity contribution < 1.29 is 18.7 Å². The maximum atomic E-state index is 13.6. The zero-order chi connectivity index (χ0) is 17.7. The summed E-state index contributed by atoms with van der Waals surface area (Å²) in [6.45, 7) is 3.70. The lowest BCUT2D eigenvalue weighted by molar-refractivity contribution is -0.129. The Balaban J connectivity index is 1.92. The Hall–Kier alpha value is -2.40. The van der Waals surface area contributed by atoms with Gasteiger partial charge in [0.1, 0.15) is 5.82 Å². The predicted octanol–water partition coefficient (Wildman–Crippen LogP) is 3.65. The molecule has 0 unspecified atom stereocenters. The number of halogens is 2. The summed E-state index contributed by atoms with van der Waals surface area (Å²) in [6, 6.07) is 11.2. The fourth-order valence-electron chi connectivity index (χ4n) is 1.97. The Morgan fingerprint density at radius 3 is 2.54 bits per heavy atom. The number of hydrogen-bond acceptors (Lipinski definition) is 3. The van der Waals surface area contributed by atoms with Crippen molar-refractivity contribution in [2.45, 2.75) is 26.5 Å². The van der Waals surface area contributed by atoms with Crippen LogP contribution in [0.5, 0.6) is 0 Å². The SMILES string of the molecule is Cc1ccc(CNC(=O)[C@H](C)OC(=O)c2cc(Cl)ccc2F)cc1. The molecule has 4 nitrogen and oxygen atoms in total. The van der Waals surface area contributed by atoms with E-state index in [-0.39, 0.29) is 10.6 Å². The molecule has 0 aliphatic rings. The number of carbonyl (C=O) groups is 2. The van der Waals surface area contributed by atoms with Crippen LogP contribution in [-0.2, 0) is 16.1 Å². The molecule has 0 aromatic heterocycles. The number of aryl methyl sites for hydroxylation is 1. The van der Waals surface area contributed by atoms with Crippen molar-refractivity contribution in [1.82, 2.24) is 5.32 Å². The summed E-state index contributed by atoms with van der Waals surface area (Å²) in [4.78, 5) is 23.9. The Kier molecular flexibility index (Phi) is 5.93. The first-order valence-electron chi connectivity index (χ1n) is 7.36. The van der Waals surface area contributed by atoms with E-state index in [0.717, 1.165) is 23.3 Å². The van der Waals surface area contributed by atoms with Gasteiger partial charge >= 0.3 is 5.97 Å². The summed E-state index contributed by atoms with van der Waals surface area (Å²) in [5.41, 5.74) is 1.74. The van der Waals surface area contributed by atoms with Gasteiger partial charge in [-0.1, -0.05) is 41.4 Å². The number of nitrogens with one attached hydrogen (secondary N) is 1. The molecule has 1 atom stereocenters. The molecule has 0 bridgehead atoms. The van der Waals surface area contributed by atoms with Gasteiger partial charge in [0, 0.05) is 11.6 Å². The van der Waals surface area contributed by atoms with Gasteiger partial charge in [0.05, 0.1) is 5.56 Å². The van der Waals surface area contributed by atoms with Crippen molar-refractivity contribution in [3.63, 3.8) is 0 Å². The Morgan fingerprint density at radius 1 is 1.21 bits per heavy atom. The van der Waals surface area contributed by atoms with Gasteiger partial charge in [-0.15, -0.1) is 0 Å². The highest BCUT2D eigenvalue weighted by Crippen LogP contribution is 2.16. The molecule has 0 heterocycles. The minimum Gasteiger partial charge on any atom is -0.449 e. The van der Waals surface area contributed by atoms with E-state index in [9.17, 15) is 14.0 Å². The van der Waals surface area contributed by atoms with Crippen LogP contribution >= 0.6 is 11.6 Å². The predicted molar refractivity (Wildman–Crippen MR) is 89.3 cm³/mol. The van der Waals surface area contributed by atoms with Crippen LogP contribution in [-0.4, -0.2) is 18.0 Å². The van der Waals surface area contributed by atoms with Gasteiger partial charge in [0.25, 0.3) is 5.91 Å². The van der Waals surface area contributed by atoms with Gasteiger partial charge < -0.3 is 10.1 Å². The second-order valence-corrected chi connectivity index (χ2v) is 5.81. The summed E-state index contributed by atoms with van der Waals surface area (Å²) in [6.07, 6.45) is -1.05. The average molecular weight is 350 g/mol. The fraction of sp³-hybridized carbons (Fsp3) is 0.222. The van der Waals surface area contributed by atoms with Crippen molar-refractivity contribution in [2.24, 2.45) is 0 Å². The van der Waals surface area contributed by atoms with E-state index < -0.39 is 23.8 Å². The summed E-state index contributed by atoms with van der Waals surface area (Å²) in [5.74, 6) is -2.16. The lowest BCUT2D eigenvalue weighted by Crippen LogP contribution is -2.35. The van der Waals surface area contributed by atoms with Crippen LogP contribution in [0.2, 0.25) is 5.02 Å². The smallest absolute Gasteiger partial charge is 0.341 e. The molecule has 0 fully saturated rings. The second-order valence-electron chi connectivity index (χ2n) is 5.38. The first-order valence-corrected chi connectivity index (χ1v) is 7.74. The first-order chi connectivity index (χ1) is 11.4. The first kappa shape index (κ1) is 17.9. The number of carbonyl (C=O) groups excluding carboxylic acids is 2. The molecule has 126 valence electrons. The third-order valence-corrected chi connectivity index (χ3v) is 3.62. The van der Waals surface area contributed by atoms with Crippen LogP contribution in [0.15, 0.2) is 42.5 Å². The van der Waals surface area contributed by atoms with Crippen LogP contribution < -0.4 is 5.32 Å². The van der Waals surface area contributed by atoms with Gasteiger partial charge in [-0.2, -0.15) is 0 Å². The normalized spacial score (nSPS) is 11.7. The van der Waals surface area contributed by atoms with E-state index in [1.165, 1.54) is 13.0 Å². The van der Waals surface area contributed by atoms with Crippen LogP contribution in [0.3, 0.4) is 0 Å². The number of hydrogen-bond donors (Lipinski definition) is 1. The molecule has 0 saturated carbocycles. The highest BCUT2D eigenvalue weighted by molar-refractivity contribution is 6.30. The van der Waals surface area contributed by atoms with Gasteiger partial charge in [0.15, 0.2) is 6.10 Å². The van der Waals surface area contributed by atoms with Gasteiger partial charge in [-0.05, 0) is 37.6 Å². The zero-order valence-electron chi connectivity index (χ0n) is 13.3. The monoisotopic (exact) mass is 349 g/mol. The molecule has 1 amide bonds. The number of rotatable bonds is 5. The largest absolute Gasteiger partial charge is 0.449 e. The average Bonchev–Trinajstić information content (AvgIpc) is 2.56. The number of benzene rings is 2. The summed E-state index contributed by atoms with van der Waals surface area (Å²) >= 11 is 5.73. The van der Waals surface area contributed by atoms with E-state index >= 15 is 0 Å². The van der Waals surface area contributed by atoms with E-state index in [1.807, 2.05) is 31.2 Å². The second kappa shape index (κ2) is 7.93. The summed E-state index contributed by atoms with van der Waals surface area (Å²) in [7, 11) is 0. The highest BCUT2D eigenvalue weighted by Gasteiger charge is 2.21. The highest BCUT2D eigenvalue weighted by atomic mass is 35.5. The summed E-state index contributed by atoms with van der Waals surface area (Å²) < 4.78 is 18.6. The van der Waals surface area contributed by atoms with Gasteiger partial charge in [-0.3, -0.25) is 4.79 Å². The molecule has 0 spiro atoms. The number of amides is 1. The maximum Gasteiger partial charge on any atom is 0.341 e. The fourth-order valence-corrected chi connectivity index (χ4v) is 2.14. The quantitative estimate of drug-likeness (QED) is 0.838. The van der Waals surface area contributed by atoms with Gasteiger partial charge in [-0.25, -0.2) is 9.18 Å². The lowest BCUT2D eigenvalue weighted by Gasteiger charge is -2.14. The number of esters is 1. The molecular weight excluding hydrogens is 333 g/mol. The van der Waals surface area contributed by atoms with Crippen molar-refractivity contribution in [1.29, 1.82) is 0 Å². The van der Waals surface area contributed by atoms with E-state index in [1.54, 1.807) is 0 Å². The van der Waals surface area contributed by atoms with Crippen LogP contribution in [0.25, 0.3) is 0 Å². The lowest BCUT2D eigenvalue weighted by atomic mass is 10.1. The third-order valence-electron chi connectivity index (χ3n) is 3.39. The molecule has 1 N–H and O–H groups in total. The molecule has 2 rings (SSSR count). The molecule has 0 saturated heterocycles. The maximum absolute atomic E-state index is 13.6.